The second kappa shape index (κ2) is 4.39. The number of ether oxygens (including phenoxy) is 2. The number of hydrogen-bond donors (Lipinski definition) is 2. The Morgan fingerprint density at radius 2 is 1.86 bits per heavy atom. The van der Waals surface area contributed by atoms with E-state index < -0.39 is 17.8 Å². The predicted molar refractivity (Wildman–Crippen MR) is 47.3 cm³/mol. The average Bonchev–Trinajstić information content (AvgIpc) is 2.02. The molecule has 0 saturated carbocycles. The molecular weight excluding hydrogens is 188 g/mol. The standard InChI is InChI=1S/C8H14N2O4/c1-3-13-8(14-4-2)5-6(11)9-7(12)10-8/h3-5H2,1-2H3,(H2,9,10,11,12). The summed E-state index contributed by atoms with van der Waals surface area (Å²) in [5.74, 6) is -1.70. The van der Waals surface area contributed by atoms with Gasteiger partial charge in [0.05, 0.1) is 0 Å². The normalized spacial score (nSPS) is 20.1. The van der Waals surface area contributed by atoms with Crippen molar-refractivity contribution in [2.24, 2.45) is 0 Å². The van der Waals surface area contributed by atoms with Crippen LogP contribution in [0.1, 0.15) is 20.3 Å². The van der Waals surface area contributed by atoms with E-state index in [1.807, 2.05) is 0 Å². The topological polar surface area (TPSA) is 76.7 Å². The summed E-state index contributed by atoms with van der Waals surface area (Å²) < 4.78 is 10.5. The summed E-state index contributed by atoms with van der Waals surface area (Å²) in [5, 5.41) is 4.55. The lowest BCUT2D eigenvalue weighted by Crippen LogP contribution is -2.63. The number of carbonyl (C=O) groups is 2. The van der Waals surface area contributed by atoms with Crippen LogP contribution in [-0.4, -0.2) is 31.1 Å². The van der Waals surface area contributed by atoms with Crippen molar-refractivity contribution in [3.63, 3.8) is 0 Å². The smallest absolute Gasteiger partial charge is 0.325 e. The molecule has 0 aliphatic carbocycles. The van der Waals surface area contributed by atoms with Gasteiger partial charge in [0, 0.05) is 13.2 Å². The van der Waals surface area contributed by atoms with E-state index in [1.165, 1.54) is 0 Å². The maximum Gasteiger partial charge on any atom is 0.325 e. The zero-order valence-electron chi connectivity index (χ0n) is 8.25. The lowest BCUT2D eigenvalue weighted by Gasteiger charge is -2.35. The fourth-order valence-corrected chi connectivity index (χ4v) is 1.31. The Morgan fingerprint density at radius 3 is 2.29 bits per heavy atom. The molecule has 6 nitrogen and oxygen atoms in total. The number of nitrogens with one attached hydrogen (secondary N) is 2. The first kappa shape index (κ1) is 10.9. The molecule has 1 rings (SSSR count). The zero-order valence-corrected chi connectivity index (χ0v) is 8.25. The fourth-order valence-electron chi connectivity index (χ4n) is 1.31. The van der Waals surface area contributed by atoms with E-state index in [0.717, 1.165) is 0 Å². The highest BCUT2D eigenvalue weighted by atomic mass is 16.7. The Bertz CT molecular complexity index is 217. The Hall–Kier alpha value is -1.14. The van der Waals surface area contributed by atoms with Crippen LogP contribution in [-0.2, 0) is 14.3 Å². The molecule has 1 heterocycles. The molecule has 0 aromatic carbocycles. The third kappa shape index (κ3) is 2.43. The van der Waals surface area contributed by atoms with E-state index in [2.05, 4.69) is 10.6 Å². The van der Waals surface area contributed by atoms with Crippen LogP contribution in [0, 0.1) is 0 Å². The van der Waals surface area contributed by atoms with Crippen LogP contribution in [0.3, 0.4) is 0 Å². The van der Waals surface area contributed by atoms with E-state index in [4.69, 9.17) is 9.47 Å². The highest BCUT2D eigenvalue weighted by molar-refractivity contribution is 5.97. The first-order chi connectivity index (χ1) is 6.62. The molecule has 0 bridgehead atoms. The van der Waals surface area contributed by atoms with E-state index in [9.17, 15) is 9.59 Å². The summed E-state index contributed by atoms with van der Waals surface area (Å²) >= 11 is 0. The van der Waals surface area contributed by atoms with Crippen molar-refractivity contribution in [1.82, 2.24) is 10.6 Å². The van der Waals surface area contributed by atoms with Crippen LogP contribution >= 0.6 is 0 Å². The van der Waals surface area contributed by atoms with E-state index in [0.29, 0.717) is 13.2 Å². The molecule has 1 fully saturated rings. The first-order valence-electron chi connectivity index (χ1n) is 4.52. The number of hydrogen-bond acceptors (Lipinski definition) is 4. The maximum absolute atomic E-state index is 11.1. The second-order valence-electron chi connectivity index (χ2n) is 2.80. The molecule has 0 radical (unpaired) electrons. The van der Waals surface area contributed by atoms with Crippen LogP contribution in [0.2, 0.25) is 0 Å². The van der Waals surface area contributed by atoms with Crippen molar-refractivity contribution in [3.05, 3.63) is 0 Å². The number of rotatable bonds is 4. The van der Waals surface area contributed by atoms with Crippen molar-refractivity contribution in [3.8, 4) is 0 Å². The van der Waals surface area contributed by atoms with Crippen LogP contribution < -0.4 is 10.6 Å². The van der Waals surface area contributed by atoms with Gasteiger partial charge in [-0.2, -0.15) is 0 Å². The van der Waals surface area contributed by atoms with Gasteiger partial charge in [-0.05, 0) is 13.8 Å². The van der Waals surface area contributed by atoms with Gasteiger partial charge in [-0.15, -0.1) is 0 Å². The Labute approximate surface area is 81.9 Å². The third-order valence-corrected chi connectivity index (χ3v) is 1.71. The van der Waals surface area contributed by atoms with Gasteiger partial charge in [-0.3, -0.25) is 15.4 Å². The van der Waals surface area contributed by atoms with Gasteiger partial charge < -0.3 is 9.47 Å². The van der Waals surface area contributed by atoms with E-state index in [-0.39, 0.29) is 6.42 Å². The van der Waals surface area contributed by atoms with Crippen molar-refractivity contribution in [2.75, 3.05) is 13.2 Å². The summed E-state index contributed by atoms with van der Waals surface area (Å²) in [6.07, 6.45) is -0.0274. The molecule has 3 amide bonds. The van der Waals surface area contributed by atoms with Gasteiger partial charge in [0.1, 0.15) is 6.42 Å². The van der Waals surface area contributed by atoms with Crippen molar-refractivity contribution < 1.29 is 19.1 Å². The van der Waals surface area contributed by atoms with Crippen LogP contribution in [0.5, 0.6) is 0 Å². The zero-order chi connectivity index (χ0) is 10.6. The molecule has 0 spiro atoms. The molecule has 1 aliphatic heterocycles. The van der Waals surface area contributed by atoms with Gasteiger partial charge in [0.15, 0.2) is 0 Å². The molecule has 6 heteroatoms. The Balaban J connectivity index is 2.73. The van der Waals surface area contributed by atoms with Crippen molar-refractivity contribution in [2.45, 2.75) is 26.2 Å². The van der Waals surface area contributed by atoms with E-state index in [1.54, 1.807) is 13.8 Å². The number of imide groups is 1. The average molecular weight is 202 g/mol. The minimum atomic E-state index is -1.29. The highest BCUT2D eigenvalue weighted by Crippen LogP contribution is 2.17. The summed E-state index contributed by atoms with van der Waals surface area (Å²) in [6.45, 7) is 4.24. The van der Waals surface area contributed by atoms with Crippen LogP contribution in [0.4, 0.5) is 4.79 Å². The minimum absolute atomic E-state index is 0.0274. The quantitative estimate of drug-likeness (QED) is 0.626. The number of carbonyl (C=O) groups excluding carboxylic acids is 2. The van der Waals surface area contributed by atoms with Gasteiger partial charge in [-0.1, -0.05) is 0 Å². The molecule has 80 valence electrons. The predicted octanol–water partition coefficient (Wildman–Crippen LogP) is -0.0573. The second-order valence-corrected chi connectivity index (χ2v) is 2.80. The third-order valence-electron chi connectivity index (χ3n) is 1.71. The molecule has 2 N–H and O–H groups in total. The summed E-state index contributed by atoms with van der Waals surface area (Å²) in [4.78, 5) is 22.1. The van der Waals surface area contributed by atoms with E-state index >= 15 is 0 Å². The number of urea groups is 1. The number of amides is 3. The lowest BCUT2D eigenvalue weighted by atomic mass is 10.2. The van der Waals surface area contributed by atoms with Crippen LogP contribution in [0.25, 0.3) is 0 Å². The fraction of sp³-hybridized carbons (Fsp3) is 0.750. The highest BCUT2D eigenvalue weighted by Gasteiger charge is 2.40. The molecular formula is C8H14N2O4. The van der Waals surface area contributed by atoms with Gasteiger partial charge in [0.2, 0.25) is 5.91 Å². The molecule has 1 aliphatic rings. The van der Waals surface area contributed by atoms with Gasteiger partial charge in [-0.25, -0.2) is 4.79 Å². The Kier molecular flexibility index (Phi) is 3.43. The monoisotopic (exact) mass is 202 g/mol. The summed E-state index contributed by atoms with van der Waals surface area (Å²) in [5.41, 5.74) is 0. The molecule has 0 unspecified atom stereocenters. The lowest BCUT2D eigenvalue weighted by molar-refractivity contribution is -0.249. The largest absolute Gasteiger partial charge is 0.333 e. The SMILES string of the molecule is CCOC1(OCC)CC(=O)NC(=O)N1. The molecule has 1 saturated heterocycles. The van der Waals surface area contributed by atoms with Gasteiger partial charge >= 0.3 is 6.03 Å². The van der Waals surface area contributed by atoms with Gasteiger partial charge in [0.25, 0.3) is 5.91 Å². The minimum Gasteiger partial charge on any atom is -0.333 e. The molecule has 0 atom stereocenters. The summed E-state index contributed by atoms with van der Waals surface area (Å²) in [7, 11) is 0. The van der Waals surface area contributed by atoms with Crippen molar-refractivity contribution >= 4 is 11.9 Å². The summed E-state index contributed by atoms with van der Waals surface area (Å²) in [6, 6.07) is -0.594. The first-order valence-corrected chi connectivity index (χ1v) is 4.52. The molecule has 0 aromatic rings. The molecule has 0 aromatic heterocycles. The maximum atomic E-state index is 11.1. The van der Waals surface area contributed by atoms with Crippen LogP contribution in [0.15, 0.2) is 0 Å². The van der Waals surface area contributed by atoms with Crippen molar-refractivity contribution in [1.29, 1.82) is 0 Å². The molecule has 14 heavy (non-hydrogen) atoms. The Morgan fingerprint density at radius 1 is 1.29 bits per heavy atom.